The van der Waals surface area contributed by atoms with Gasteiger partial charge in [-0.05, 0) is 61.4 Å². The Bertz CT molecular complexity index is 997. The lowest BCUT2D eigenvalue weighted by Gasteiger charge is -2.30. The van der Waals surface area contributed by atoms with Crippen molar-refractivity contribution in [1.29, 1.82) is 0 Å². The Morgan fingerprint density at radius 2 is 1.83 bits per heavy atom. The number of aryl methyl sites for hydroxylation is 1. The Labute approximate surface area is 173 Å². The van der Waals surface area contributed by atoms with Gasteiger partial charge in [-0.3, -0.25) is 9.10 Å². The van der Waals surface area contributed by atoms with Crippen LogP contribution in [0.2, 0.25) is 0 Å². The minimum absolute atomic E-state index is 0.118. The highest BCUT2D eigenvalue weighted by Crippen LogP contribution is 2.32. The zero-order valence-corrected chi connectivity index (χ0v) is 17.7. The van der Waals surface area contributed by atoms with Gasteiger partial charge in [0, 0.05) is 25.7 Å². The second-order valence-electron chi connectivity index (χ2n) is 8.17. The van der Waals surface area contributed by atoms with Gasteiger partial charge in [0.2, 0.25) is 0 Å². The molecule has 2 aliphatic rings. The third-order valence-corrected chi connectivity index (χ3v) is 7.90. The van der Waals surface area contributed by atoms with Gasteiger partial charge in [-0.25, -0.2) is 8.42 Å². The molecule has 4 rings (SSSR count). The van der Waals surface area contributed by atoms with Crippen LogP contribution in [0.3, 0.4) is 0 Å². The van der Waals surface area contributed by atoms with Gasteiger partial charge in [-0.1, -0.05) is 37.1 Å². The molecule has 0 unspecified atom stereocenters. The number of fused-ring (bicyclic) bond motifs is 1. The van der Waals surface area contributed by atoms with Crippen LogP contribution in [0.15, 0.2) is 53.4 Å². The number of benzene rings is 2. The molecule has 0 aromatic heterocycles. The lowest BCUT2D eigenvalue weighted by molar-refractivity contribution is 0.0773. The van der Waals surface area contributed by atoms with Crippen molar-refractivity contribution in [1.82, 2.24) is 4.90 Å². The van der Waals surface area contributed by atoms with Crippen LogP contribution in [0, 0.1) is 5.92 Å². The Morgan fingerprint density at radius 3 is 2.62 bits per heavy atom. The number of amides is 1. The number of hydrogen-bond donors (Lipinski definition) is 0. The summed E-state index contributed by atoms with van der Waals surface area (Å²) in [4.78, 5) is 14.8. The van der Waals surface area contributed by atoms with E-state index in [2.05, 4.69) is 0 Å². The minimum atomic E-state index is -3.72. The van der Waals surface area contributed by atoms with Crippen molar-refractivity contribution in [2.75, 3.05) is 24.4 Å². The maximum absolute atomic E-state index is 13.4. The molecule has 0 bridgehead atoms. The molecule has 1 aliphatic heterocycles. The maximum Gasteiger partial charge on any atom is 0.264 e. The van der Waals surface area contributed by atoms with Gasteiger partial charge in [0.25, 0.3) is 15.9 Å². The second-order valence-corrected chi connectivity index (χ2v) is 10.0. The first-order chi connectivity index (χ1) is 14.0. The summed E-state index contributed by atoms with van der Waals surface area (Å²) in [5.74, 6) is 0.439. The first-order valence-electron chi connectivity index (χ1n) is 10.4. The van der Waals surface area contributed by atoms with Gasteiger partial charge in [-0.15, -0.1) is 0 Å². The van der Waals surface area contributed by atoms with E-state index in [1.807, 2.05) is 31.3 Å². The van der Waals surface area contributed by atoms with Crippen molar-refractivity contribution in [3.63, 3.8) is 0 Å². The molecule has 2 aromatic rings. The lowest BCUT2D eigenvalue weighted by Crippen LogP contribution is -2.35. The van der Waals surface area contributed by atoms with E-state index in [4.69, 9.17) is 0 Å². The van der Waals surface area contributed by atoms with E-state index in [-0.39, 0.29) is 10.8 Å². The van der Waals surface area contributed by atoms with Crippen LogP contribution in [0.5, 0.6) is 0 Å². The van der Waals surface area contributed by atoms with Gasteiger partial charge in [-0.2, -0.15) is 0 Å². The molecule has 1 amide bonds. The third kappa shape index (κ3) is 4.04. The molecular weight excluding hydrogens is 384 g/mol. The molecule has 6 heteroatoms. The van der Waals surface area contributed by atoms with Gasteiger partial charge in [0.1, 0.15) is 0 Å². The standard InChI is InChI=1S/C23H28N2O3S/c1-24(17-18-8-2-3-9-18)23(26)20-11-6-13-21(16-20)29(27,28)25-15-7-12-19-10-4-5-14-22(19)25/h4-6,10-11,13-14,16,18H,2-3,7-9,12,15,17H2,1H3. The van der Waals surface area contributed by atoms with Crippen LogP contribution in [0.1, 0.15) is 48.0 Å². The molecule has 0 N–H and O–H groups in total. The molecule has 1 aliphatic carbocycles. The van der Waals surface area contributed by atoms with Crippen LogP contribution in [0.4, 0.5) is 5.69 Å². The van der Waals surface area contributed by atoms with E-state index in [1.165, 1.54) is 36.1 Å². The Morgan fingerprint density at radius 1 is 1.07 bits per heavy atom. The normalized spacial score (nSPS) is 17.2. The van der Waals surface area contributed by atoms with Crippen molar-refractivity contribution in [3.05, 3.63) is 59.7 Å². The molecule has 0 spiro atoms. The van der Waals surface area contributed by atoms with Crippen LogP contribution in [0.25, 0.3) is 0 Å². The monoisotopic (exact) mass is 412 g/mol. The average molecular weight is 413 g/mol. The highest BCUT2D eigenvalue weighted by Gasteiger charge is 2.29. The number of hydrogen-bond acceptors (Lipinski definition) is 3. The molecule has 0 atom stereocenters. The van der Waals surface area contributed by atoms with Gasteiger partial charge in [0.15, 0.2) is 0 Å². The molecule has 2 aromatic carbocycles. The number of anilines is 1. The highest BCUT2D eigenvalue weighted by atomic mass is 32.2. The van der Waals surface area contributed by atoms with Crippen LogP contribution in [-0.2, 0) is 16.4 Å². The largest absolute Gasteiger partial charge is 0.341 e. The van der Waals surface area contributed by atoms with Crippen LogP contribution in [-0.4, -0.2) is 39.4 Å². The summed E-state index contributed by atoms with van der Waals surface area (Å²) in [6.07, 6.45) is 6.47. The predicted octanol–water partition coefficient (Wildman–Crippen LogP) is 4.09. The van der Waals surface area contributed by atoms with E-state index in [0.717, 1.165) is 30.6 Å². The summed E-state index contributed by atoms with van der Waals surface area (Å²) >= 11 is 0. The highest BCUT2D eigenvalue weighted by molar-refractivity contribution is 7.92. The first kappa shape index (κ1) is 20.0. The quantitative estimate of drug-likeness (QED) is 0.743. The Kier molecular flexibility index (Phi) is 5.63. The predicted molar refractivity (Wildman–Crippen MR) is 115 cm³/mol. The number of carbonyl (C=O) groups is 1. The summed E-state index contributed by atoms with van der Waals surface area (Å²) in [6, 6.07) is 14.1. The number of nitrogens with zero attached hydrogens (tertiary/aromatic N) is 2. The molecule has 1 fully saturated rings. The Balaban J connectivity index is 1.59. The number of carbonyl (C=O) groups excluding carboxylic acids is 1. The summed E-state index contributed by atoms with van der Waals surface area (Å²) in [5.41, 5.74) is 2.22. The number of sulfonamides is 1. The van der Waals surface area contributed by atoms with Crippen molar-refractivity contribution < 1.29 is 13.2 Å². The fraction of sp³-hybridized carbons (Fsp3) is 0.435. The van der Waals surface area contributed by atoms with Crippen molar-refractivity contribution in [3.8, 4) is 0 Å². The average Bonchev–Trinajstić information content (AvgIpc) is 3.25. The number of rotatable bonds is 5. The first-order valence-corrected chi connectivity index (χ1v) is 11.9. The minimum Gasteiger partial charge on any atom is -0.341 e. The van der Waals surface area contributed by atoms with E-state index in [0.29, 0.717) is 18.0 Å². The van der Waals surface area contributed by atoms with Crippen LogP contribution >= 0.6 is 0 Å². The second kappa shape index (κ2) is 8.19. The van der Waals surface area contributed by atoms with E-state index in [1.54, 1.807) is 23.1 Å². The maximum atomic E-state index is 13.4. The SMILES string of the molecule is CN(CC1CCCC1)C(=O)c1cccc(S(=O)(=O)N2CCCc3ccccc32)c1. The van der Waals surface area contributed by atoms with Crippen molar-refractivity contribution in [2.45, 2.75) is 43.4 Å². The van der Waals surface area contributed by atoms with Crippen LogP contribution < -0.4 is 4.31 Å². The third-order valence-electron chi connectivity index (χ3n) is 6.09. The summed E-state index contributed by atoms with van der Waals surface area (Å²) in [5, 5.41) is 0. The fourth-order valence-electron chi connectivity index (χ4n) is 4.55. The molecule has 0 radical (unpaired) electrons. The Hall–Kier alpha value is -2.34. The van der Waals surface area contributed by atoms with Gasteiger partial charge >= 0.3 is 0 Å². The lowest BCUT2D eigenvalue weighted by atomic mass is 10.0. The van der Waals surface area contributed by atoms with E-state index >= 15 is 0 Å². The van der Waals surface area contributed by atoms with Gasteiger partial charge in [0.05, 0.1) is 10.6 Å². The smallest absolute Gasteiger partial charge is 0.264 e. The fourth-order valence-corrected chi connectivity index (χ4v) is 6.14. The summed E-state index contributed by atoms with van der Waals surface area (Å²) < 4.78 is 28.2. The summed E-state index contributed by atoms with van der Waals surface area (Å²) in [7, 11) is -1.91. The molecule has 1 heterocycles. The topological polar surface area (TPSA) is 57.7 Å². The zero-order chi connectivity index (χ0) is 20.4. The number of para-hydroxylation sites is 1. The van der Waals surface area contributed by atoms with Crippen molar-refractivity contribution in [2.24, 2.45) is 5.92 Å². The van der Waals surface area contributed by atoms with E-state index in [9.17, 15) is 13.2 Å². The van der Waals surface area contributed by atoms with Gasteiger partial charge < -0.3 is 4.90 Å². The van der Waals surface area contributed by atoms with Crippen molar-refractivity contribution >= 4 is 21.6 Å². The molecule has 1 saturated carbocycles. The summed E-state index contributed by atoms with van der Waals surface area (Å²) in [6.45, 7) is 1.19. The zero-order valence-electron chi connectivity index (χ0n) is 16.9. The van der Waals surface area contributed by atoms with E-state index < -0.39 is 10.0 Å². The molecule has 154 valence electrons. The molecule has 5 nitrogen and oxygen atoms in total. The molecule has 29 heavy (non-hydrogen) atoms. The molecule has 0 saturated heterocycles. The molecular formula is C23H28N2O3S.